The Hall–Kier alpha value is -2.41. The number of benzene rings is 2. The second kappa shape index (κ2) is 7.23. The maximum atomic E-state index is 13.6. The maximum Gasteiger partial charge on any atom is 0.254 e. The van der Waals surface area contributed by atoms with Gasteiger partial charge in [0.2, 0.25) is 0 Å². The number of carbonyl (C=O) groups excluding carboxylic acids is 1. The van der Waals surface area contributed by atoms with Gasteiger partial charge in [-0.05, 0) is 45.8 Å². The predicted molar refractivity (Wildman–Crippen MR) is 99.8 cm³/mol. The fourth-order valence-corrected chi connectivity index (χ4v) is 3.59. The van der Waals surface area contributed by atoms with E-state index in [2.05, 4.69) is 25.8 Å². The molecule has 1 aliphatic heterocycles. The van der Waals surface area contributed by atoms with E-state index in [0.717, 1.165) is 11.3 Å². The topological polar surface area (TPSA) is 84.7 Å². The van der Waals surface area contributed by atoms with Crippen molar-refractivity contribution in [2.24, 2.45) is 22.4 Å². The Morgan fingerprint density at radius 1 is 1.16 bits per heavy atom. The predicted octanol–water partition coefficient (Wildman–Crippen LogP) is 2.61. The van der Waals surface area contributed by atoms with Gasteiger partial charge in [-0.25, -0.2) is 4.39 Å². The third kappa shape index (κ3) is 3.82. The zero-order chi connectivity index (χ0) is 18.0. The number of rotatable bonds is 3. The van der Waals surface area contributed by atoms with Gasteiger partial charge in [-0.1, -0.05) is 24.3 Å². The van der Waals surface area contributed by atoms with Gasteiger partial charge in [0.25, 0.3) is 5.91 Å². The van der Waals surface area contributed by atoms with Crippen molar-refractivity contribution in [3.05, 3.63) is 64.4 Å². The zero-order valence-corrected chi connectivity index (χ0v) is 15.0. The van der Waals surface area contributed by atoms with Crippen molar-refractivity contribution < 1.29 is 9.18 Å². The molecule has 1 heterocycles. The lowest BCUT2D eigenvalue weighted by atomic mass is 9.88. The molecule has 1 fully saturated rings. The van der Waals surface area contributed by atoms with Gasteiger partial charge in [0.15, 0.2) is 5.96 Å². The number of nitrogens with two attached hydrogens (primary N) is 2. The third-order valence-corrected chi connectivity index (χ3v) is 4.98. The van der Waals surface area contributed by atoms with E-state index in [0.29, 0.717) is 17.6 Å². The normalized spacial score (nSPS) is 19.7. The Labute approximate surface area is 153 Å². The molecule has 130 valence electrons. The van der Waals surface area contributed by atoms with Gasteiger partial charge in [-0.3, -0.25) is 4.79 Å². The van der Waals surface area contributed by atoms with Crippen molar-refractivity contribution >= 4 is 33.5 Å². The molecule has 2 atom stereocenters. The summed E-state index contributed by atoms with van der Waals surface area (Å²) in [5, 5.41) is 0. The van der Waals surface area contributed by atoms with E-state index in [4.69, 9.17) is 11.5 Å². The van der Waals surface area contributed by atoms with Gasteiger partial charge < -0.3 is 16.4 Å². The largest absolute Gasteiger partial charge is 0.370 e. The van der Waals surface area contributed by atoms with Crippen LogP contribution in [0.15, 0.2) is 58.0 Å². The maximum absolute atomic E-state index is 13.6. The summed E-state index contributed by atoms with van der Waals surface area (Å²) in [6, 6.07) is 14.6. The monoisotopic (exact) mass is 404 g/mol. The van der Waals surface area contributed by atoms with Gasteiger partial charge in [-0.2, -0.15) is 4.99 Å². The standard InChI is InChI=1S/C18H18BrFN4O/c19-15-8-11(6-7-16(15)20)13-9-24(12-4-2-1-3-5-12)10-14(13)17(25)23-18(21)22/h1-8,13-14H,9-10H2,(H4,21,22,23,25)/t13-,14+/m1/s1. The van der Waals surface area contributed by atoms with E-state index in [1.54, 1.807) is 12.1 Å². The van der Waals surface area contributed by atoms with Crippen LogP contribution in [0.5, 0.6) is 0 Å². The smallest absolute Gasteiger partial charge is 0.254 e. The van der Waals surface area contributed by atoms with Gasteiger partial charge >= 0.3 is 0 Å². The number of carbonyl (C=O) groups is 1. The van der Waals surface area contributed by atoms with E-state index in [1.165, 1.54) is 6.07 Å². The molecule has 5 nitrogen and oxygen atoms in total. The highest BCUT2D eigenvalue weighted by Crippen LogP contribution is 2.37. The molecule has 4 N–H and O–H groups in total. The summed E-state index contributed by atoms with van der Waals surface area (Å²) < 4.78 is 13.9. The molecular weight excluding hydrogens is 387 g/mol. The van der Waals surface area contributed by atoms with Gasteiger partial charge in [-0.15, -0.1) is 0 Å². The average Bonchev–Trinajstić information content (AvgIpc) is 3.03. The summed E-state index contributed by atoms with van der Waals surface area (Å²) in [5.41, 5.74) is 12.6. The molecule has 0 bridgehead atoms. The van der Waals surface area contributed by atoms with Crippen LogP contribution < -0.4 is 16.4 Å². The Bertz CT molecular complexity index is 808. The van der Waals surface area contributed by atoms with E-state index in [1.807, 2.05) is 30.3 Å². The Morgan fingerprint density at radius 2 is 1.88 bits per heavy atom. The molecule has 0 spiro atoms. The molecule has 0 radical (unpaired) electrons. The minimum absolute atomic E-state index is 0.132. The summed E-state index contributed by atoms with van der Waals surface area (Å²) in [7, 11) is 0. The van der Waals surface area contributed by atoms with Crippen molar-refractivity contribution in [2.45, 2.75) is 5.92 Å². The van der Waals surface area contributed by atoms with E-state index >= 15 is 0 Å². The fraction of sp³-hybridized carbons (Fsp3) is 0.222. The fourth-order valence-electron chi connectivity index (χ4n) is 3.19. The molecule has 1 saturated heterocycles. The molecule has 7 heteroatoms. The molecule has 0 aromatic heterocycles. The van der Waals surface area contributed by atoms with E-state index in [9.17, 15) is 9.18 Å². The molecule has 2 aromatic rings. The number of hydrogen-bond donors (Lipinski definition) is 2. The van der Waals surface area contributed by atoms with Crippen LogP contribution in [0.2, 0.25) is 0 Å². The lowest BCUT2D eigenvalue weighted by molar-refractivity contribution is -0.121. The van der Waals surface area contributed by atoms with Crippen LogP contribution in [0.1, 0.15) is 11.5 Å². The van der Waals surface area contributed by atoms with E-state index < -0.39 is 5.92 Å². The quantitative estimate of drug-likeness (QED) is 0.608. The first kappa shape index (κ1) is 17.4. The van der Waals surface area contributed by atoms with E-state index in [-0.39, 0.29) is 23.6 Å². The first-order valence-electron chi connectivity index (χ1n) is 7.84. The van der Waals surface area contributed by atoms with Crippen LogP contribution in [0.3, 0.4) is 0 Å². The minimum atomic E-state index is -0.403. The second-order valence-electron chi connectivity index (χ2n) is 6.00. The number of para-hydroxylation sites is 1. The Balaban J connectivity index is 1.95. The molecular formula is C18H18BrFN4O. The molecule has 0 saturated carbocycles. The number of guanidine groups is 1. The highest BCUT2D eigenvalue weighted by Gasteiger charge is 2.38. The molecule has 1 amide bonds. The van der Waals surface area contributed by atoms with Crippen molar-refractivity contribution in [3.63, 3.8) is 0 Å². The number of anilines is 1. The summed E-state index contributed by atoms with van der Waals surface area (Å²) in [4.78, 5) is 18.4. The SMILES string of the molecule is NC(N)=NC(=O)[C@H]1CN(c2ccccc2)C[C@@H]1c1ccc(F)c(Br)c1. The molecule has 0 aliphatic carbocycles. The van der Waals surface area contributed by atoms with Crippen LogP contribution in [-0.2, 0) is 4.79 Å². The lowest BCUT2D eigenvalue weighted by Crippen LogP contribution is -2.28. The van der Waals surface area contributed by atoms with Crippen molar-refractivity contribution in [1.82, 2.24) is 0 Å². The van der Waals surface area contributed by atoms with Crippen LogP contribution in [0.4, 0.5) is 10.1 Å². The first-order chi connectivity index (χ1) is 12.0. The lowest BCUT2D eigenvalue weighted by Gasteiger charge is -2.18. The first-order valence-corrected chi connectivity index (χ1v) is 8.63. The number of halogens is 2. The second-order valence-corrected chi connectivity index (χ2v) is 6.86. The van der Waals surface area contributed by atoms with Gasteiger partial charge in [0.05, 0.1) is 10.4 Å². The molecule has 2 aromatic carbocycles. The van der Waals surface area contributed by atoms with Crippen molar-refractivity contribution in [1.29, 1.82) is 0 Å². The Morgan fingerprint density at radius 3 is 2.52 bits per heavy atom. The van der Waals surface area contributed by atoms with Crippen LogP contribution in [0.25, 0.3) is 0 Å². The van der Waals surface area contributed by atoms with Crippen LogP contribution >= 0.6 is 15.9 Å². The molecule has 0 unspecified atom stereocenters. The summed E-state index contributed by atoms with van der Waals surface area (Å²) in [5.74, 6) is -1.48. The van der Waals surface area contributed by atoms with Gasteiger partial charge in [0.1, 0.15) is 5.82 Å². The molecule has 25 heavy (non-hydrogen) atoms. The molecule has 3 rings (SSSR count). The highest BCUT2D eigenvalue weighted by molar-refractivity contribution is 9.10. The average molecular weight is 405 g/mol. The number of hydrogen-bond acceptors (Lipinski definition) is 2. The zero-order valence-electron chi connectivity index (χ0n) is 13.4. The summed E-state index contributed by atoms with van der Waals surface area (Å²) in [6.45, 7) is 1.12. The number of aliphatic imine (C=N–C) groups is 1. The van der Waals surface area contributed by atoms with Crippen molar-refractivity contribution in [2.75, 3.05) is 18.0 Å². The number of amides is 1. The van der Waals surface area contributed by atoms with Gasteiger partial charge in [0, 0.05) is 24.7 Å². The minimum Gasteiger partial charge on any atom is -0.370 e. The summed E-state index contributed by atoms with van der Waals surface area (Å²) in [6.07, 6.45) is 0. The summed E-state index contributed by atoms with van der Waals surface area (Å²) >= 11 is 3.21. The van der Waals surface area contributed by atoms with Crippen LogP contribution in [0, 0.1) is 11.7 Å². The van der Waals surface area contributed by atoms with Crippen LogP contribution in [-0.4, -0.2) is 25.0 Å². The Kier molecular flexibility index (Phi) is 5.03. The highest BCUT2D eigenvalue weighted by atomic mass is 79.9. The molecule has 1 aliphatic rings. The number of nitrogens with zero attached hydrogens (tertiary/aromatic N) is 2. The third-order valence-electron chi connectivity index (χ3n) is 4.37. The van der Waals surface area contributed by atoms with Crippen molar-refractivity contribution in [3.8, 4) is 0 Å².